The fourth-order valence-corrected chi connectivity index (χ4v) is 3.10. The van der Waals surface area contributed by atoms with Gasteiger partial charge in [0.1, 0.15) is 0 Å². The van der Waals surface area contributed by atoms with Crippen LogP contribution >= 0.6 is 24.0 Å². The third-order valence-electron chi connectivity index (χ3n) is 4.62. The molecule has 27 heavy (non-hydrogen) atoms. The van der Waals surface area contributed by atoms with Crippen LogP contribution in [0.2, 0.25) is 0 Å². The molecule has 0 radical (unpaired) electrons. The molecule has 0 saturated carbocycles. The molecular formula is C21H36IN3O2. The Labute approximate surface area is 181 Å². The number of benzene rings is 1. The summed E-state index contributed by atoms with van der Waals surface area (Å²) >= 11 is 0. The van der Waals surface area contributed by atoms with Gasteiger partial charge in [0.25, 0.3) is 0 Å². The minimum atomic E-state index is 0. The van der Waals surface area contributed by atoms with E-state index in [0.717, 1.165) is 64.7 Å². The van der Waals surface area contributed by atoms with Crippen molar-refractivity contribution < 1.29 is 9.47 Å². The molecule has 0 aromatic heterocycles. The van der Waals surface area contributed by atoms with E-state index in [4.69, 9.17) is 9.47 Å². The fraction of sp³-hybridized carbons (Fsp3) is 0.667. The van der Waals surface area contributed by atoms with E-state index in [1.165, 1.54) is 5.56 Å². The monoisotopic (exact) mass is 489 g/mol. The summed E-state index contributed by atoms with van der Waals surface area (Å²) in [5.41, 5.74) is 1.53. The number of hydrogen-bond acceptors (Lipinski definition) is 3. The van der Waals surface area contributed by atoms with Crippen LogP contribution in [0.15, 0.2) is 35.3 Å². The van der Waals surface area contributed by atoms with Gasteiger partial charge >= 0.3 is 0 Å². The van der Waals surface area contributed by atoms with Gasteiger partial charge in [-0.1, -0.05) is 44.2 Å². The van der Waals surface area contributed by atoms with Gasteiger partial charge in [-0.25, -0.2) is 0 Å². The Kier molecular flexibility index (Phi) is 11.9. The van der Waals surface area contributed by atoms with E-state index in [9.17, 15) is 0 Å². The summed E-state index contributed by atoms with van der Waals surface area (Å²) in [7, 11) is 1.82. The van der Waals surface area contributed by atoms with E-state index in [0.29, 0.717) is 5.92 Å². The van der Waals surface area contributed by atoms with E-state index in [-0.39, 0.29) is 29.4 Å². The van der Waals surface area contributed by atoms with E-state index in [1.807, 2.05) is 7.05 Å². The van der Waals surface area contributed by atoms with Crippen LogP contribution in [0.1, 0.15) is 32.3 Å². The van der Waals surface area contributed by atoms with Gasteiger partial charge in [-0.2, -0.15) is 0 Å². The van der Waals surface area contributed by atoms with E-state index >= 15 is 0 Å². The lowest BCUT2D eigenvalue weighted by Gasteiger charge is -2.26. The van der Waals surface area contributed by atoms with Crippen molar-refractivity contribution in [1.82, 2.24) is 10.6 Å². The number of nitrogens with one attached hydrogen (secondary N) is 2. The molecular weight excluding hydrogens is 453 g/mol. The largest absolute Gasteiger partial charge is 0.381 e. The lowest BCUT2D eigenvalue weighted by molar-refractivity contribution is 0.0888. The molecule has 0 amide bonds. The summed E-state index contributed by atoms with van der Waals surface area (Å²) in [6.07, 6.45) is 3.14. The first-order valence-electron chi connectivity index (χ1n) is 9.73. The third kappa shape index (κ3) is 10.3. The molecule has 0 spiro atoms. The number of rotatable bonds is 10. The zero-order valence-electron chi connectivity index (χ0n) is 17.0. The first-order valence-corrected chi connectivity index (χ1v) is 9.73. The molecule has 1 saturated heterocycles. The predicted octanol–water partition coefficient (Wildman–Crippen LogP) is 3.48. The smallest absolute Gasteiger partial charge is 0.190 e. The molecule has 2 rings (SSSR count). The van der Waals surface area contributed by atoms with Gasteiger partial charge in [0.2, 0.25) is 0 Å². The van der Waals surface area contributed by atoms with Crippen LogP contribution in [0.3, 0.4) is 0 Å². The average Bonchev–Trinajstić information content (AvgIpc) is 3.14. The normalized spacial score (nSPS) is 17.4. The van der Waals surface area contributed by atoms with E-state index in [1.54, 1.807) is 0 Å². The van der Waals surface area contributed by atoms with Crippen molar-refractivity contribution in [3.63, 3.8) is 0 Å². The molecule has 1 aromatic rings. The van der Waals surface area contributed by atoms with Crippen molar-refractivity contribution in [3.8, 4) is 0 Å². The molecule has 1 heterocycles. The van der Waals surface area contributed by atoms with E-state index < -0.39 is 0 Å². The highest BCUT2D eigenvalue weighted by Crippen LogP contribution is 2.20. The van der Waals surface area contributed by atoms with Gasteiger partial charge in [0.05, 0.1) is 13.2 Å². The Bertz CT molecular complexity index is 531. The van der Waals surface area contributed by atoms with Crippen LogP contribution in [-0.4, -0.2) is 52.5 Å². The van der Waals surface area contributed by atoms with Crippen LogP contribution in [0.25, 0.3) is 0 Å². The molecule has 0 bridgehead atoms. The second-order valence-corrected chi connectivity index (χ2v) is 7.84. The average molecular weight is 489 g/mol. The molecule has 1 unspecified atom stereocenters. The molecule has 1 atom stereocenters. The Morgan fingerprint density at radius 1 is 1.26 bits per heavy atom. The van der Waals surface area contributed by atoms with Gasteiger partial charge < -0.3 is 20.1 Å². The fourth-order valence-electron chi connectivity index (χ4n) is 3.10. The van der Waals surface area contributed by atoms with Crippen LogP contribution in [0.4, 0.5) is 0 Å². The lowest BCUT2D eigenvalue weighted by atomic mass is 9.86. The van der Waals surface area contributed by atoms with Crippen LogP contribution in [0.5, 0.6) is 0 Å². The van der Waals surface area contributed by atoms with Crippen molar-refractivity contribution in [3.05, 3.63) is 35.9 Å². The first-order chi connectivity index (χ1) is 12.6. The molecule has 1 aliphatic rings. The SMILES string of the molecule is CN=C(NCCCOCC1CCOC1)NCC(C)(C)Cc1ccccc1.I. The van der Waals surface area contributed by atoms with Crippen LogP contribution in [-0.2, 0) is 15.9 Å². The highest BCUT2D eigenvalue weighted by molar-refractivity contribution is 14.0. The first kappa shape index (κ1) is 24.2. The number of aliphatic imine (C=N–C) groups is 1. The molecule has 6 heteroatoms. The lowest BCUT2D eigenvalue weighted by Crippen LogP contribution is -2.43. The van der Waals surface area contributed by atoms with Crippen molar-refractivity contribution >= 4 is 29.9 Å². The zero-order valence-corrected chi connectivity index (χ0v) is 19.3. The summed E-state index contributed by atoms with van der Waals surface area (Å²) in [5.74, 6) is 1.44. The number of guanidine groups is 1. The van der Waals surface area contributed by atoms with Gasteiger partial charge in [-0.15, -0.1) is 24.0 Å². The maximum absolute atomic E-state index is 5.73. The third-order valence-corrected chi connectivity index (χ3v) is 4.62. The minimum Gasteiger partial charge on any atom is -0.381 e. The Morgan fingerprint density at radius 3 is 2.70 bits per heavy atom. The number of hydrogen-bond donors (Lipinski definition) is 2. The number of ether oxygens (including phenoxy) is 2. The molecule has 154 valence electrons. The standard InChI is InChI=1S/C21H35N3O2.HI/c1-21(2,14-18-8-5-4-6-9-18)17-24-20(22-3)23-11-7-12-25-15-19-10-13-26-16-19;/h4-6,8-9,19H,7,10-17H2,1-3H3,(H2,22,23,24);1H. The topological polar surface area (TPSA) is 54.9 Å². The number of nitrogens with zero attached hydrogens (tertiary/aromatic N) is 1. The summed E-state index contributed by atoms with van der Waals surface area (Å²) in [5, 5.41) is 6.82. The summed E-state index contributed by atoms with van der Waals surface area (Å²) in [4.78, 5) is 4.32. The highest BCUT2D eigenvalue weighted by atomic mass is 127. The molecule has 2 N–H and O–H groups in total. The Morgan fingerprint density at radius 2 is 2.04 bits per heavy atom. The molecule has 1 aliphatic heterocycles. The van der Waals surface area contributed by atoms with Crippen molar-refractivity contribution in [2.75, 3.05) is 46.6 Å². The molecule has 0 aliphatic carbocycles. The molecule has 5 nitrogen and oxygen atoms in total. The minimum absolute atomic E-state index is 0. The van der Waals surface area contributed by atoms with Crippen LogP contribution < -0.4 is 10.6 Å². The maximum Gasteiger partial charge on any atom is 0.190 e. The quantitative estimate of drug-likeness (QED) is 0.229. The zero-order chi connectivity index (χ0) is 18.7. The Hall–Kier alpha value is -0.860. The highest BCUT2D eigenvalue weighted by Gasteiger charge is 2.19. The summed E-state index contributed by atoms with van der Waals surface area (Å²) < 4.78 is 11.1. The Balaban J connectivity index is 0.00000364. The number of halogens is 1. The molecule has 1 fully saturated rings. The predicted molar refractivity (Wildman–Crippen MR) is 123 cm³/mol. The van der Waals surface area contributed by atoms with Gasteiger partial charge in [-0.3, -0.25) is 4.99 Å². The molecule has 1 aromatic carbocycles. The summed E-state index contributed by atoms with van der Waals surface area (Å²) in [6, 6.07) is 10.6. The van der Waals surface area contributed by atoms with Gasteiger partial charge in [0.15, 0.2) is 5.96 Å². The van der Waals surface area contributed by atoms with E-state index in [2.05, 4.69) is 59.8 Å². The van der Waals surface area contributed by atoms with Crippen LogP contribution in [0, 0.1) is 11.3 Å². The van der Waals surface area contributed by atoms with Crippen molar-refractivity contribution in [2.45, 2.75) is 33.1 Å². The van der Waals surface area contributed by atoms with Crippen molar-refractivity contribution in [2.24, 2.45) is 16.3 Å². The van der Waals surface area contributed by atoms with Gasteiger partial charge in [-0.05, 0) is 30.2 Å². The second-order valence-electron chi connectivity index (χ2n) is 7.84. The second kappa shape index (κ2) is 13.3. The summed E-state index contributed by atoms with van der Waals surface area (Å²) in [6.45, 7) is 9.63. The van der Waals surface area contributed by atoms with Crippen molar-refractivity contribution in [1.29, 1.82) is 0 Å². The maximum atomic E-state index is 5.73. The van der Waals surface area contributed by atoms with Gasteiger partial charge in [0, 0.05) is 39.3 Å².